The van der Waals surface area contributed by atoms with Crippen molar-refractivity contribution in [2.24, 2.45) is 0 Å². The maximum absolute atomic E-state index is 12.9. The van der Waals surface area contributed by atoms with Crippen molar-refractivity contribution in [2.45, 2.75) is 129 Å². The highest BCUT2D eigenvalue weighted by Gasteiger charge is 2.46. The third kappa shape index (κ3) is 20.1. The second-order valence-corrected chi connectivity index (χ2v) is 29.3. The van der Waals surface area contributed by atoms with E-state index in [1.54, 1.807) is 13.8 Å². The Morgan fingerprint density at radius 1 is 0.659 bits per heavy atom. The van der Waals surface area contributed by atoms with Crippen LogP contribution in [-0.2, 0) is 36.1 Å². The second-order valence-electron chi connectivity index (χ2n) is 13.3. The minimum Gasteiger partial charge on any atom is -0.462 e. The first-order valence-electron chi connectivity index (χ1n) is 15.3. The number of rotatable bonds is 23. The Bertz CT molecular complexity index is 944. The van der Waals surface area contributed by atoms with Gasteiger partial charge in [-0.2, -0.15) is 13.2 Å². The van der Waals surface area contributed by atoms with Gasteiger partial charge in [-0.05, 0) is 104 Å². The molecule has 0 aromatic heterocycles. The normalized spacial score (nSPS) is 14.9. The summed E-state index contributed by atoms with van der Waals surface area (Å²) in [6, 6.07) is 2.14. The number of halogens is 3. The van der Waals surface area contributed by atoms with Crippen LogP contribution in [-0.4, -0.2) is 77.8 Å². The Balaban J connectivity index is 5.35. The molecule has 0 rings (SSSR count). The van der Waals surface area contributed by atoms with Crippen molar-refractivity contribution in [3.05, 3.63) is 24.3 Å². The molecule has 15 heteroatoms. The Hall–Kier alpha value is -1.08. The zero-order valence-corrected chi connectivity index (χ0v) is 32.7. The topological polar surface area (TPSA) is 89.5 Å². The van der Waals surface area contributed by atoms with Crippen LogP contribution in [0.5, 0.6) is 0 Å². The van der Waals surface area contributed by atoms with Crippen molar-refractivity contribution < 1.29 is 49.3 Å². The number of ether oxygens (including phenoxy) is 3. The Labute approximate surface area is 267 Å². The van der Waals surface area contributed by atoms with Crippen LogP contribution in [0.15, 0.2) is 24.3 Å². The van der Waals surface area contributed by atoms with Gasteiger partial charge in [0.15, 0.2) is 22.7 Å². The van der Waals surface area contributed by atoms with E-state index in [9.17, 15) is 22.8 Å². The highest BCUT2D eigenvalue weighted by atomic mass is 28.5. The van der Waals surface area contributed by atoms with E-state index in [0.717, 1.165) is 38.3 Å². The molecule has 0 aliphatic heterocycles. The molecule has 2 unspecified atom stereocenters. The Morgan fingerprint density at radius 2 is 1.09 bits per heavy atom. The monoisotopic (exact) mass is 702 g/mol. The molecular weight excluding hydrogens is 646 g/mol. The van der Waals surface area contributed by atoms with Crippen LogP contribution in [0.2, 0.25) is 64.0 Å². The molecule has 0 spiro atoms. The van der Waals surface area contributed by atoms with E-state index < -0.39 is 52.0 Å². The molecule has 8 nitrogen and oxygen atoms in total. The van der Waals surface area contributed by atoms with E-state index >= 15 is 0 Å². The average molecular weight is 703 g/mol. The third-order valence-electron chi connectivity index (χ3n) is 6.59. The predicted molar refractivity (Wildman–Crippen MR) is 178 cm³/mol. The molecule has 0 aliphatic rings. The van der Waals surface area contributed by atoms with Crippen molar-refractivity contribution in [3.63, 3.8) is 0 Å². The minimum absolute atomic E-state index is 0.0505. The molecule has 0 N–H and O–H groups in total. The maximum atomic E-state index is 12.9. The minimum atomic E-state index is -4.41. The van der Waals surface area contributed by atoms with Crippen LogP contribution < -0.4 is 0 Å². The SMILES string of the molecule is C=C(C)C(=O)OCCCC[Si](C)(C)O[Si](C)(C)O[Si](C)(CCCOC(C)C(F)(F)F)O[Si](C)(C)CCCCOC(=O)C(=C)C. The zero-order chi connectivity index (χ0) is 34.4. The molecule has 0 heterocycles. The van der Waals surface area contributed by atoms with Crippen LogP contribution >= 0.6 is 0 Å². The number of hydrogen-bond donors (Lipinski definition) is 0. The quantitative estimate of drug-likeness (QED) is 0.0454. The number of unbranched alkanes of at least 4 members (excludes halogenated alkanes) is 2. The van der Waals surface area contributed by atoms with E-state index in [0.29, 0.717) is 43.2 Å². The summed E-state index contributed by atoms with van der Waals surface area (Å²) >= 11 is 0. The molecule has 0 aromatic rings. The van der Waals surface area contributed by atoms with Gasteiger partial charge < -0.3 is 26.6 Å². The number of carbonyl (C=O) groups excluding carboxylic acids is 2. The number of hydrogen-bond acceptors (Lipinski definition) is 8. The van der Waals surface area contributed by atoms with E-state index in [-0.39, 0.29) is 12.6 Å². The van der Waals surface area contributed by atoms with Crippen LogP contribution in [0.25, 0.3) is 0 Å². The first kappa shape index (κ1) is 42.9. The number of esters is 2. The molecular formula is C29H57F3O8Si4. The first-order valence-corrected chi connectivity index (χ1v) is 26.9. The summed E-state index contributed by atoms with van der Waals surface area (Å²) in [6.45, 7) is 26.5. The predicted octanol–water partition coefficient (Wildman–Crippen LogP) is 8.38. The van der Waals surface area contributed by atoms with Gasteiger partial charge in [0.1, 0.15) is 0 Å². The molecule has 0 saturated heterocycles. The lowest BCUT2D eigenvalue weighted by molar-refractivity contribution is -0.214. The lowest BCUT2D eigenvalue weighted by Crippen LogP contribution is -2.57. The lowest BCUT2D eigenvalue weighted by atomic mass is 10.3. The summed E-state index contributed by atoms with van der Waals surface area (Å²) in [5.74, 6) is -0.794. The fraction of sp³-hybridized carbons (Fsp3) is 0.793. The van der Waals surface area contributed by atoms with Crippen molar-refractivity contribution >= 4 is 45.7 Å². The largest absolute Gasteiger partial charge is 0.462 e. The molecule has 0 fully saturated rings. The number of carbonyl (C=O) groups is 2. The number of alkyl halides is 3. The lowest BCUT2D eigenvalue weighted by Gasteiger charge is -2.43. The van der Waals surface area contributed by atoms with Crippen LogP contribution in [0.1, 0.15) is 52.9 Å². The highest BCUT2D eigenvalue weighted by Crippen LogP contribution is 2.31. The van der Waals surface area contributed by atoms with Gasteiger partial charge in [-0.1, -0.05) is 26.0 Å². The van der Waals surface area contributed by atoms with Gasteiger partial charge in [-0.25, -0.2) is 9.59 Å². The van der Waals surface area contributed by atoms with E-state index in [1.165, 1.54) is 0 Å². The van der Waals surface area contributed by atoms with Gasteiger partial charge >= 0.3 is 35.2 Å². The van der Waals surface area contributed by atoms with E-state index in [2.05, 4.69) is 39.3 Å². The molecule has 258 valence electrons. The maximum Gasteiger partial charge on any atom is 0.414 e. The van der Waals surface area contributed by atoms with Crippen molar-refractivity contribution in [1.82, 2.24) is 0 Å². The van der Waals surface area contributed by atoms with Crippen LogP contribution in [0, 0.1) is 0 Å². The molecule has 0 aliphatic carbocycles. The van der Waals surface area contributed by atoms with Gasteiger partial charge in [-0.3, -0.25) is 0 Å². The molecule has 0 aromatic carbocycles. The molecule has 44 heavy (non-hydrogen) atoms. The Kier molecular flexibility index (Phi) is 18.4. The average Bonchev–Trinajstić information content (AvgIpc) is 2.83. The van der Waals surface area contributed by atoms with Crippen molar-refractivity contribution in [2.75, 3.05) is 19.8 Å². The fourth-order valence-corrected chi connectivity index (χ4v) is 24.5. The summed E-state index contributed by atoms with van der Waals surface area (Å²) in [7, 11) is -10.1. The van der Waals surface area contributed by atoms with Gasteiger partial charge in [0, 0.05) is 17.8 Å². The highest BCUT2D eigenvalue weighted by molar-refractivity contribution is 6.89. The van der Waals surface area contributed by atoms with Crippen LogP contribution in [0.3, 0.4) is 0 Å². The van der Waals surface area contributed by atoms with E-state index in [1.807, 2.05) is 19.6 Å². The van der Waals surface area contributed by atoms with Crippen molar-refractivity contribution in [1.29, 1.82) is 0 Å². The molecule has 0 radical (unpaired) electrons. The fourth-order valence-electron chi connectivity index (χ4n) is 4.65. The smallest absolute Gasteiger partial charge is 0.414 e. The van der Waals surface area contributed by atoms with Gasteiger partial charge in [0.05, 0.1) is 13.2 Å². The summed E-state index contributed by atoms with van der Waals surface area (Å²) < 4.78 is 74.6. The second kappa shape index (κ2) is 18.9. The summed E-state index contributed by atoms with van der Waals surface area (Å²) in [5, 5.41) is 0. The molecule has 0 saturated carbocycles. The Morgan fingerprint density at radius 3 is 1.50 bits per heavy atom. The zero-order valence-electron chi connectivity index (χ0n) is 28.7. The van der Waals surface area contributed by atoms with Gasteiger partial charge in [-0.15, -0.1) is 0 Å². The van der Waals surface area contributed by atoms with E-state index in [4.69, 9.17) is 26.6 Å². The standard InChI is InChI=1S/C29H57F3O8Si4/c1-24(2)27(33)36-18-13-15-21-41(6,7)38-43(10,11)40-44(12,23-17-20-35-26(5)29(30,31)32)39-42(8,9)22-16-14-19-37-28(34)25(3)4/h26H,1,3,13-23H2,2,4-12H3. The van der Waals surface area contributed by atoms with Gasteiger partial charge in [0.2, 0.25) is 0 Å². The summed E-state index contributed by atoms with van der Waals surface area (Å²) in [5.41, 5.74) is 0.735. The first-order chi connectivity index (χ1) is 19.9. The molecule has 0 amide bonds. The van der Waals surface area contributed by atoms with Crippen LogP contribution in [0.4, 0.5) is 13.2 Å². The van der Waals surface area contributed by atoms with Crippen molar-refractivity contribution in [3.8, 4) is 0 Å². The molecule has 2 atom stereocenters. The summed E-state index contributed by atoms with van der Waals surface area (Å²) in [4.78, 5) is 23.2. The third-order valence-corrected chi connectivity index (χ3v) is 22.8. The summed E-state index contributed by atoms with van der Waals surface area (Å²) in [6.07, 6.45) is -2.82. The van der Waals surface area contributed by atoms with Gasteiger partial charge in [0.25, 0.3) is 0 Å². The molecule has 0 bridgehead atoms.